The normalized spacial score (nSPS) is 12.3. The van der Waals surface area contributed by atoms with Crippen molar-refractivity contribution >= 4 is 22.8 Å². The molecule has 26 heavy (non-hydrogen) atoms. The molecule has 5 nitrogen and oxygen atoms in total. The topological polar surface area (TPSA) is 79.5 Å². The first-order valence-electron chi connectivity index (χ1n) is 7.79. The smallest absolute Gasteiger partial charge is 0.310 e. The second-order valence-corrected chi connectivity index (χ2v) is 6.00. The number of phenols is 1. The number of phenolic OH excluding ortho intramolecular Hbond substituents is 1. The van der Waals surface area contributed by atoms with E-state index in [9.17, 15) is 28.6 Å². The highest BCUT2D eigenvalue weighted by Gasteiger charge is 2.29. The molecule has 0 saturated heterocycles. The lowest BCUT2D eigenvalue weighted by Crippen LogP contribution is -2.15. The Kier molecular flexibility index (Phi) is 4.23. The van der Waals surface area contributed by atoms with Crippen molar-refractivity contribution in [1.29, 1.82) is 0 Å². The lowest BCUT2D eigenvalue weighted by molar-refractivity contribution is -0.138. The van der Waals surface area contributed by atoms with E-state index in [-0.39, 0.29) is 27.7 Å². The highest BCUT2D eigenvalue weighted by Crippen LogP contribution is 2.37. The molecular weight excluding hydrogens is 344 g/mol. The van der Waals surface area contributed by atoms with Gasteiger partial charge in [0.05, 0.1) is 11.4 Å². The van der Waals surface area contributed by atoms with E-state index < -0.39 is 35.2 Å². The number of carbonyl (C=O) groups excluding carboxylic acids is 1. The van der Waals surface area contributed by atoms with Crippen molar-refractivity contribution in [2.75, 3.05) is 0 Å². The van der Waals surface area contributed by atoms with Gasteiger partial charge in [-0.1, -0.05) is 6.07 Å². The monoisotopic (exact) mass is 359 g/mol. The molecule has 0 fully saturated rings. The summed E-state index contributed by atoms with van der Waals surface area (Å²) in [6.45, 7) is 2.85. The summed E-state index contributed by atoms with van der Waals surface area (Å²) in [6, 6.07) is 7.43. The summed E-state index contributed by atoms with van der Waals surface area (Å²) in [6.07, 6.45) is 0. The van der Waals surface area contributed by atoms with Crippen LogP contribution in [0.2, 0.25) is 0 Å². The van der Waals surface area contributed by atoms with Crippen LogP contribution >= 0.6 is 0 Å². The zero-order valence-corrected chi connectivity index (χ0v) is 14.0. The van der Waals surface area contributed by atoms with E-state index in [1.165, 1.54) is 38.1 Å². The molecule has 7 heteroatoms. The summed E-state index contributed by atoms with van der Waals surface area (Å²) in [5, 5.41) is 18.9. The summed E-state index contributed by atoms with van der Waals surface area (Å²) in [5.74, 6) is -5.19. The van der Waals surface area contributed by atoms with Crippen LogP contribution in [0, 0.1) is 18.6 Å². The Labute approximate surface area is 147 Å². The first-order chi connectivity index (χ1) is 12.2. The molecule has 0 bridgehead atoms. The van der Waals surface area contributed by atoms with Crippen LogP contribution in [0.25, 0.3) is 10.9 Å². The molecule has 0 saturated carbocycles. The van der Waals surface area contributed by atoms with Crippen molar-refractivity contribution in [3.05, 3.63) is 64.9 Å². The molecule has 0 amide bonds. The number of halogens is 2. The van der Waals surface area contributed by atoms with Gasteiger partial charge in [0, 0.05) is 16.6 Å². The van der Waals surface area contributed by atoms with Gasteiger partial charge >= 0.3 is 5.97 Å². The fourth-order valence-electron chi connectivity index (χ4n) is 3.15. The molecule has 3 aromatic rings. The summed E-state index contributed by atoms with van der Waals surface area (Å²) < 4.78 is 29.2. The van der Waals surface area contributed by atoms with E-state index in [1.54, 1.807) is 0 Å². The quantitative estimate of drug-likeness (QED) is 0.745. The number of hydrogen-bond donors (Lipinski definition) is 2. The number of carboxylic acid groups (broad SMARTS) is 1. The molecule has 0 radical (unpaired) electrons. The summed E-state index contributed by atoms with van der Waals surface area (Å²) in [7, 11) is 0. The minimum atomic E-state index is -1.20. The van der Waals surface area contributed by atoms with Gasteiger partial charge in [0.15, 0.2) is 11.6 Å². The Morgan fingerprint density at radius 3 is 2.46 bits per heavy atom. The number of benzene rings is 2. The molecule has 1 aromatic heterocycles. The van der Waals surface area contributed by atoms with Gasteiger partial charge < -0.3 is 10.2 Å². The zero-order valence-electron chi connectivity index (χ0n) is 14.0. The number of carbonyl (C=O) groups is 2. The summed E-state index contributed by atoms with van der Waals surface area (Å²) in [4.78, 5) is 24.4. The Hall–Kier alpha value is -3.22. The number of nitrogens with zero attached hydrogens (tertiary/aromatic N) is 1. The van der Waals surface area contributed by atoms with Crippen LogP contribution in [0.5, 0.6) is 5.75 Å². The first kappa shape index (κ1) is 17.6. The Morgan fingerprint density at radius 2 is 1.85 bits per heavy atom. The maximum Gasteiger partial charge on any atom is 0.310 e. The van der Waals surface area contributed by atoms with Crippen LogP contribution in [-0.2, 0) is 4.79 Å². The van der Waals surface area contributed by atoms with E-state index in [1.807, 2.05) is 0 Å². The van der Waals surface area contributed by atoms with Gasteiger partial charge in [0.1, 0.15) is 5.82 Å². The Balaban J connectivity index is 2.37. The van der Waals surface area contributed by atoms with E-state index in [2.05, 4.69) is 0 Å². The van der Waals surface area contributed by atoms with Gasteiger partial charge in [-0.05, 0) is 49.7 Å². The number of fused-ring (bicyclic) bond motifs is 1. The first-order valence-corrected chi connectivity index (χ1v) is 7.79. The van der Waals surface area contributed by atoms with Crippen LogP contribution in [0.1, 0.15) is 34.5 Å². The predicted molar refractivity (Wildman–Crippen MR) is 90.5 cm³/mol. The second kappa shape index (κ2) is 6.25. The zero-order chi connectivity index (χ0) is 19.2. The molecule has 0 aliphatic carbocycles. The average molecular weight is 359 g/mol. The summed E-state index contributed by atoms with van der Waals surface area (Å²) in [5.41, 5.74) is 0.447. The SMILES string of the molecule is Cc1c([C@H](C)C(=O)O)c2c(F)c(O)ccc2n1C(=O)c1cccc(F)c1. The molecule has 0 aliphatic rings. The molecule has 1 atom stereocenters. The van der Waals surface area contributed by atoms with E-state index in [0.29, 0.717) is 0 Å². The van der Waals surface area contributed by atoms with Crippen LogP contribution < -0.4 is 0 Å². The molecule has 1 heterocycles. The lowest BCUT2D eigenvalue weighted by atomic mass is 9.97. The maximum atomic E-state index is 14.6. The highest BCUT2D eigenvalue weighted by atomic mass is 19.1. The molecule has 2 N–H and O–H groups in total. The number of aromatic hydroxyl groups is 1. The number of aliphatic carboxylic acids is 1. The molecule has 0 spiro atoms. The van der Waals surface area contributed by atoms with Crippen LogP contribution in [-0.4, -0.2) is 26.7 Å². The largest absolute Gasteiger partial charge is 0.505 e. The van der Waals surface area contributed by atoms with Crippen molar-refractivity contribution in [1.82, 2.24) is 4.57 Å². The minimum absolute atomic E-state index is 0.0352. The molecule has 2 aromatic carbocycles. The van der Waals surface area contributed by atoms with Gasteiger partial charge in [0.25, 0.3) is 5.91 Å². The minimum Gasteiger partial charge on any atom is -0.505 e. The predicted octanol–water partition coefficient (Wildman–Crippen LogP) is 3.81. The van der Waals surface area contributed by atoms with Gasteiger partial charge in [0.2, 0.25) is 0 Å². The molecule has 134 valence electrons. The van der Waals surface area contributed by atoms with Gasteiger partial charge in [-0.2, -0.15) is 0 Å². The number of aromatic nitrogens is 1. The van der Waals surface area contributed by atoms with Crippen LogP contribution in [0.3, 0.4) is 0 Å². The van der Waals surface area contributed by atoms with E-state index in [0.717, 1.165) is 16.7 Å². The van der Waals surface area contributed by atoms with Crippen molar-refractivity contribution in [2.45, 2.75) is 19.8 Å². The van der Waals surface area contributed by atoms with Crippen molar-refractivity contribution in [3.8, 4) is 5.75 Å². The number of carboxylic acids is 1. The number of rotatable bonds is 3. The van der Waals surface area contributed by atoms with Crippen molar-refractivity contribution in [2.24, 2.45) is 0 Å². The maximum absolute atomic E-state index is 14.6. The van der Waals surface area contributed by atoms with Gasteiger partial charge in [-0.25, -0.2) is 8.78 Å². The van der Waals surface area contributed by atoms with Crippen molar-refractivity contribution in [3.63, 3.8) is 0 Å². The third-order valence-electron chi connectivity index (χ3n) is 4.41. The molecule has 0 unspecified atom stereocenters. The van der Waals surface area contributed by atoms with E-state index >= 15 is 0 Å². The third-order valence-corrected chi connectivity index (χ3v) is 4.41. The van der Waals surface area contributed by atoms with Crippen LogP contribution in [0.15, 0.2) is 36.4 Å². The standard InChI is InChI=1S/C19H15F2NO4/c1-9(19(25)26)15-10(2)22(13-6-7-14(23)17(21)16(13)15)18(24)11-4-3-5-12(20)8-11/h3-9,23H,1-2H3,(H,25,26)/t9-/m0/s1. The fraction of sp³-hybridized carbons (Fsp3) is 0.158. The number of hydrogen-bond acceptors (Lipinski definition) is 3. The van der Waals surface area contributed by atoms with Gasteiger partial charge in [-0.15, -0.1) is 0 Å². The van der Waals surface area contributed by atoms with Crippen LogP contribution in [0.4, 0.5) is 8.78 Å². The average Bonchev–Trinajstić information content (AvgIpc) is 2.89. The highest BCUT2D eigenvalue weighted by molar-refractivity contribution is 6.05. The fourth-order valence-corrected chi connectivity index (χ4v) is 3.15. The Bertz CT molecular complexity index is 1060. The van der Waals surface area contributed by atoms with Gasteiger partial charge in [-0.3, -0.25) is 14.2 Å². The molecule has 0 aliphatic heterocycles. The molecular formula is C19H15F2NO4. The summed E-state index contributed by atoms with van der Waals surface area (Å²) >= 11 is 0. The molecule has 3 rings (SSSR count). The second-order valence-electron chi connectivity index (χ2n) is 6.00. The van der Waals surface area contributed by atoms with Crippen molar-refractivity contribution < 1.29 is 28.6 Å². The van der Waals surface area contributed by atoms with E-state index in [4.69, 9.17) is 0 Å². The lowest BCUT2D eigenvalue weighted by Gasteiger charge is -2.09. The third kappa shape index (κ3) is 2.61. The Morgan fingerprint density at radius 1 is 1.15 bits per heavy atom.